The van der Waals surface area contributed by atoms with Gasteiger partial charge in [0.05, 0.1) is 5.69 Å². The number of aromatic nitrogens is 4. The van der Waals surface area contributed by atoms with Crippen molar-refractivity contribution in [1.82, 2.24) is 18.9 Å². The quantitative estimate of drug-likeness (QED) is 0.260. The molecule has 358 valence electrons. The van der Waals surface area contributed by atoms with Gasteiger partial charge in [0, 0.05) is 56.7 Å². The first-order valence-electron chi connectivity index (χ1n) is 22.9. The minimum atomic E-state index is -0.277. The third-order valence-electron chi connectivity index (χ3n) is 11.2. The normalized spacial score (nSPS) is 14.1. The average Bonchev–Trinajstić information content (AvgIpc) is 3.69. The molecule has 1 amide bonds. The zero-order valence-corrected chi connectivity index (χ0v) is 45.6. The summed E-state index contributed by atoms with van der Waals surface area (Å²) in [6.07, 6.45) is 6.91. The molecule has 0 unspecified atom stereocenters. The topological polar surface area (TPSA) is 129 Å². The Morgan fingerprint density at radius 1 is 0.562 bits per heavy atom. The average molecular weight is 883 g/mol. The number of carbonyl (C=O) groups is 1. The van der Waals surface area contributed by atoms with Gasteiger partial charge in [-0.2, -0.15) is 10.4 Å². The summed E-state index contributed by atoms with van der Waals surface area (Å²) >= 11 is 0. The van der Waals surface area contributed by atoms with E-state index in [9.17, 15) is 19.6 Å². The Bertz CT molecular complexity index is 2280. The number of amides is 1. The number of rotatable bonds is 1. The van der Waals surface area contributed by atoms with Crippen molar-refractivity contribution in [3.8, 4) is 6.07 Å². The van der Waals surface area contributed by atoms with Crippen molar-refractivity contribution in [3.63, 3.8) is 0 Å². The first-order valence-corrected chi connectivity index (χ1v) is 22.9. The fourth-order valence-electron chi connectivity index (χ4n) is 7.93. The van der Waals surface area contributed by atoms with E-state index in [1.165, 1.54) is 26.9 Å². The summed E-state index contributed by atoms with van der Waals surface area (Å²) in [5.74, 6) is -0.277. The van der Waals surface area contributed by atoms with E-state index in [1.807, 2.05) is 24.9 Å². The smallest absolute Gasteiger partial charge is 0.266 e. The highest BCUT2D eigenvalue weighted by Crippen LogP contribution is 2.46. The molecular weight excluding hydrogens is 793 g/mol. The van der Waals surface area contributed by atoms with Crippen LogP contribution < -0.4 is 16.9 Å². The summed E-state index contributed by atoms with van der Waals surface area (Å²) in [6.45, 7) is 51.7. The molecule has 0 spiro atoms. The van der Waals surface area contributed by atoms with Crippen LogP contribution in [-0.2, 0) is 58.4 Å². The number of primary amides is 1. The Balaban J connectivity index is 0.000000427. The summed E-state index contributed by atoms with van der Waals surface area (Å²) in [5.41, 5.74) is 16.5. The summed E-state index contributed by atoms with van der Waals surface area (Å²) in [4.78, 5) is 34.9. The molecule has 0 fully saturated rings. The Hall–Kier alpha value is -4.45. The Kier molecular flexibility index (Phi) is 17.6. The van der Waals surface area contributed by atoms with Gasteiger partial charge in [0.25, 0.3) is 11.1 Å². The second kappa shape index (κ2) is 19.6. The largest absolute Gasteiger partial charge is 0.366 e. The van der Waals surface area contributed by atoms with Gasteiger partial charge in [-0.1, -0.05) is 172 Å². The standard InChI is InChI=1S/C14H22N2.2C14H23NO.C13H22N2O/c1-13(2,3)10-9-16(7)11(8-15)12(10)14(4,5)6;1-13(2,3)10-8-12(16)15(7)9-11(10)14(4,5)6;1-13(2,3)10-8-7-9(12(15)16)11(10)14(4,5)6;1-12(2,3)9-8-10(16)15(7)14-11(9)13(4,5)6/h9H,1-7H3;8-9H,1-7H3;8H,7H2,1-6H3,(H2,15,16);8H,1-7H3. The van der Waals surface area contributed by atoms with Gasteiger partial charge in [0.2, 0.25) is 5.91 Å². The fraction of sp³-hybridized carbons (Fsp3) is 0.655. The molecule has 0 bridgehead atoms. The number of aryl methyl sites for hydroxylation is 3. The van der Waals surface area contributed by atoms with Crippen molar-refractivity contribution in [2.75, 3.05) is 0 Å². The number of hydrogen-bond acceptors (Lipinski definition) is 5. The van der Waals surface area contributed by atoms with Crippen LogP contribution in [0, 0.1) is 22.2 Å². The Morgan fingerprint density at radius 3 is 1.33 bits per heavy atom. The first-order chi connectivity index (χ1) is 28.2. The monoisotopic (exact) mass is 883 g/mol. The molecule has 64 heavy (non-hydrogen) atoms. The number of hydrogen-bond donors (Lipinski definition) is 1. The maximum atomic E-state index is 11.7. The molecule has 0 saturated carbocycles. The fourth-order valence-corrected chi connectivity index (χ4v) is 7.93. The van der Waals surface area contributed by atoms with E-state index in [2.05, 4.69) is 190 Å². The number of nitrogens with zero attached hydrogens (tertiary/aromatic N) is 5. The molecule has 0 aliphatic heterocycles. The van der Waals surface area contributed by atoms with Crippen LogP contribution in [0.5, 0.6) is 0 Å². The number of pyridine rings is 1. The minimum absolute atomic E-state index is 0.00887. The van der Waals surface area contributed by atoms with Crippen molar-refractivity contribution in [3.05, 3.63) is 107 Å². The lowest BCUT2D eigenvalue weighted by atomic mass is 9.73. The molecule has 2 N–H and O–H groups in total. The van der Waals surface area contributed by atoms with E-state index in [0.717, 1.165) is 33.7 Å². The van der Waals surface area contributed by atoms with Crippen molar-refractivity contribution < 1.29 is 4.79 Å². The van der Waals surface area contributed by atoms with Crippen molar-refractivity contribution in [2.45, 2.75) is 205 Å². The van der Waals surface area contributed by atoms with Gasteiger partial charge in [0.1, 0.15) is 11.8 Å². The zero-order valence-electron chi connectivity index (χ0n) is 45.6. The number of allylic oxidation sites excluding steroid dienone is 3. The van der Waals surface area contributed by atoms with Crippen LogP contribution in [0.25, 0.3) is 0 Å². The summed E-state index contributed by atoms with van der Waals surface area (Å²) < 4.78 is 5.02. The number of nitriles is 1. The summed E-state index contributed by atoms with van der Waals surface area (Å²) in [6, 6.07) is 5.82. The SMILES string of the molecule is CC(C)(C)C1=CCC(C(N)=O)=C1C(C)(C)C.Cn1cc(C(C)(C)C)c(C(C)(C)C)c1C#N.Cn1cc(C(C)(C)C)c(C(C)(C)C)cc1=O.Cn1nc(C(C)(C)C)c(C(C)(C)C)cc1=O. The van der Waals surface area contributed by atoms with Crippen molar-refractivity contribution in [2.24, 2.45) is 37.7 Å². The van der Waals surface area contributed by atoms with E-state index < -0.39 is 0 Å². The first kappa shape index (κ1) is 57.6. The molecule has 1 aliphatic carbocycles. The predicted molar refractivity (Wildman–Crippen MR) is 271 cm³/mol. The number of carbonyl (C=O) groups excluding carboxylic acids is 1. The lowest BCUT2D eigenvalue weighted by Gasteiger charge is -2.31. The van der Waals surface area contributed by atoms with Crippen LogP contribution >= 0.6 is 0 Å². The van der Waals surface area contributed by atoms with Crippen molar-refractivity contribution >= 4 is 5.91 Å². The van der Waals surface area contributed by atoms with Crippen LogP contribution in [0.15, 0.2) is 56.9 Å². The van der Waals surface area contributed by atoms with Gasteiger partial charge < -0.3 is 14.9 Å². The van der Waals surface area contributed by atoms with Gasteiger partial charge in [-0.25, -0.2) is 4.68 Å². The molecule has 9 heteroatoms. The van der Waals surface area contributed by atoms with E-state index in [-0.39, 0.29) is 60.3 Å². The number of nitrogens with two attached hydrogens (primary N) is 1. The molecule has 0 radical (unpaired) electrons. The van der Waals surface area contributed by atoms with E-state index in [4.69, 9.17) is 5.73 Å². The third kappa shape index (κ3) is 15.1. The van der Waals surface area contributed by atoms with E-state index in [1.54, 1.807) is 23.7 Å². The Labute approximate surface area is 389 Å². The van der Waals surface area contributed by atoms with Gasteiger partial charge in [-0.3, -0.25) is 14.4 Å². The molecule has 3 heterocycles. The van der Waals surface area contributed by atoms with Crippen LogP contribution in [0.4, 0.5) is 0 Å². The van der Waals surface area contributed by atoms with Crippen LogP contribution in [0.2, 0.25) is 0 Å². The maximum Gasteiger partial charge on any atom is 0.266 e. The van der Waals surface area contributed by atoms with E-state index >= 15 is 0 Å². The lowest BCUT2D eigenvalue weighted by molar-refractivity contribution is -0.114. The molecule has 0 saturated heterocycles. The van der Waals surface area contributed by atoms with Gasteiger partial charge >= 0.3 is 0 Å². The highest BCUT2D eigenvalue weighted by molar-refractivity contribution is 5.95. The molecule has 4 rings (SSSR count). The lowest BCUT2D eigenvalue weighted by Crippen LogP contribution is -2.31. The summed E-state index contributed by atoms with van der Waals surface area (Å²) in [5, 5.41) is 13.7. The molecule has 9 nitrogen and oxygen atoms in total. The van der Waals surface area contributed by atoms with Gasteiger partial charge in [0.15, 0.2) is 0 Å². The second-order valence-corrected chi connectivity index (χ2v) is 25.9. The van der Waals surface area contributed by atoms with Gasteiger partial charge in [-0.05, 0) is 83.3 Å². The van der Waals surface area contributed by atoms with Crippen LogP contribution in [0.1, 0.15) is 212 Å². The molecule has 3 aromatic rings. The zero-order chi connectivity index (χ0) is 50.9. The second-order valence-electron chi connectivity index (χ2n) is 25.9. The van der Waals surface area contributed by atoms with Crippen LogP contribution in [-0.4, -0.2) is 24.8 Å². The summed E-state index contributed by atoms with van der Waals surface area (Å²) in [7, 11) is 5.46. The molecular formula is C55H90N6O3. The van der Waals surface area contributed by atoms with Gasteiger partial charge in [-0.15, -0.1) is 0 Å². The maximum absolute atomic E-state index is 11.7. The highest BCUT2D eigenvalue weighted by atomic mass is 16.1. The minimum Gasteiger partial charge on any atom is -0.366 e. The van der Waals surface area contributed by atoms with Crippen molar-refractivity contribution in [1.29, 1.82) is 5.26 Å². The van der Waals surface area contributed by atoms with E-state index in [0.29, 0.717) is 6.42 Å². The predicted octanol–water partition coefficient (Wildman–Crippen LogP) is 12.0. The molecule has 1 aliphatic rings. The highest BCUT2D eigenvalue weighted by Gasteiger charge is 2.35. The third-order valence-corrected chi connectivity index (χ3v) is 11.2. The molecule has 0 aromatic carbocycles. The Morgan fingerprint density at radius 2 is 0.984 bits per heavy atom. The molecule has 3 aromatic heterocycles. The van der Waals surface area contributed by atoms with Crippen LogP contribution in [0.3, 0.4) is 0 Å². The molecule has 0 atom stereocenters.